The van der Waals surface area contributed by atoms with Gasteiger partial charge in [-0.15, -0.1) is 0 Å². The Bertz CT molecular complexity index is 1080. The molecule has 9 heteroatoms. The number of carbonyl (C=O) groups excluding carboxylic acids is 2. The molecule has 2 N–H and O–H groups in total. The summed E-state index contributed by atoms with van der Waals surface area (Å²) < 4.78 is 26.9. The molecule has 2 aromatic rings. The number of piperazine rings is 1. The van der Waals surface area contributed by atoms with Crippen molar-refractivity contribution in [1.29, 1.82) is 0 Å². The summed E-state index contributed by atoms with van der Waals surface area (Å²) in [6.45, 7) is 1.77. The fourth-order valence-corrected chi connectivity index (χ4v) is 5.91. The standard InChI is InChI=1S/C23H28N4O4S/c24-23(29)21-14-19-8-4-5-9-20(19)15-26(21)16-22(28)25-10-12-27(13-11-25)32(30,31)17-18-6-2-1-3-7-18/h1-9,21H,10-17H2,(H2,24,29)/t21-/m0/s1. The third-order valence-electron chi connectivity index (χ3n) is 6.19. The summed E-state index contributed by atoms with van der Waals surface area (Å²) in [6.07, 6.45) is 0.490. The van der Waals surface area contributed by atoms with Crippen molar-refractivity contribution < 1.29 is 18.0 Å². The van der Waals surface area contributed by atoms with Crippen LogP contribution in [0.15, 0.2) is 54.6 Å². The van der Waals surface area contributed by atoms with E-state index in [1.54, 1.807) is 17.0 Å². The third kappa shape index (κ3) is 5.01. The molecule has 2 amide bonds. The summed E-state index contributed by atoms with van der Waals surface area (Å²) in [5, 5.41) is 0. The normalized spacial score (nSPS) is 20.0. The van der Waals surface area contributed by atoms with Gasteiger partial charge in [0, 0.05) is 32.7 Å². The molecule has 0 aliphatic carbocycles. The maximum absolute atomic E-state index is 13.0. The molecule has 0 aromatic heterocycles. The van der Waals surface area contributed by atoms with Gasteiger partial charge < -0.3 is 10.6 Å². The first-order chi connectivity index (χ1) is 15.3. The Morgan fingerprint density at radius 1 is 0.906 bits per heavy atom. The number of amides is 2. The molecule has 8 nitrogen and oxygen atoms in total. The highest BCUT2D eigenvalue weighted by atomic mass is 32.2. The van der Waals surface area contributed by atoms with Crippen molar-refractivity contribution in [3.8, 4) is 0 Å². The Labute approximate surface area is 188 Å². The SMILES string of the molecule is NC(=O)[C@@H]1Cc2ccccc2CN1CC(=O)N1CCN(S(=O)(=O)Cc2ccccc2)CC1. The summed E-state index contributed by atoms with van der Waals surface area (Å²) in [4.78, 5) is 28.5. The van der Waals surface area contributed by atoms with Crippen LogP contribution < -0.4 is 5.73 Å². The van der Waals surface area contributed by atoms with Crippen LogP contribution in [0.2, 0.25) is 0 Å². The van der Waals surface area contributed by atoms with E-state index >= 15 is 0 Å². The average molecular weight is 457 g/mol. The summed E-state index contributed by atoms with van der Waals surface area (Å²) >= 11 is 0. The second-order valence-corrected chi connectivity index (χ2v) is 10.3. The largest absolute Gasteiger partial charge is 0.368 e. The van der Waals surface area contributed by atoms with Gasteiger partial charge in [0.1, 0.15) is 0 Å². The molecule has 170 valence electrons. The zero-order valence-electron chi connectivity index (χ0n) is 17.9. The van der Waals surface area contributed by atoms with Crippen molar-refractivity contribution >= 4 is 21.8 Å². The number of benzene rings is 2. The number of fused-ring (bicyclic) bond motifs is 1. The van der Waals surface area contributed by atoms with E-state index in [-0.39, 0.29) is 31.3 Å². The summed E-state index contributed by atoms with van der Waals surface area (Å²) in [6, 6.07) is 16.4. The number of hydrogen-bond donors (Lipinski definition) is 1. The third-order valence-corrected chi connectivity index (χ3v) is 8.04. The van der Waals surface area contributed by atoms with Gasteiger partial charge in [-0.25, -0.2) is 8.42 Å². The van der Waals surface area contributed by atoms with Crippen LogP contribution in [0.1, 0.15) is 16.7 Å². The van der Waals surface area contributed by atoms with Gasteiger partial charge >= 0.3 is 0 Å². The van der Waals surface area contributed by atoms with E-state index in [9.17, 15) is 18.0 Å². The van der Waals surface area contributed by atoms with Crippen molar-refractivity contribution in [2.75, 3.05) is 32.7 Å². The van der Waals surface area contributed by atoms with Gasteiger partial charge in [0.2, 0.25) is 21.8 Å². The van der Waals surface area contributed by atoms with Gasteiger partial charge in [0.15, 0.2) is 0 Å². The molecule has 4 rings (SSSR count). The molecule has 32 heavy (non-hydrogen) atoms. The van der Waals surface area contributed by atoms with Gasteiger partial charge in [-0.2, -0.15) is 4.31 Å². The minimum atomic E-state index is -3.44. The van der Waals surface area contributed by atoms with Crippen LogP contribution in [0.5, 0.6) is 0 Å². The van der Waals surface area contributed by atoms with Crippen LogP contribution in [0.4, 0.5) is 0 Å². The number of nitrogens with two attached hydrogens (primary N) is 1. The Morgan fingerprint density at radius 2 is 1.53 bits per heavy atom. The number of rotatable bonds is 6. The molecule has 1 atom stereocenters. The van der Waals surface area contributed by atoms with Gasteiger partial charge in [-0.05, 0) is 23.1 Å². The zero-order valence-corrected chi connectivity index (χ0v) is 18.7. The molecule has 0 unspecified atom stereocenters. The molecule has 0 spiro atoms. The lowest BCUT2D eigenvalue weighted by atomic mass is 9.93. The van der Waals surface area contributed by atoms with Crippen LogP contribution in [0.3, 0.4) is 0 Å². The first kappa shape index (κ1) is 22.4. The molecular formula is C23H28N4O4S. The minimum Gasteiger partial charge on any atom is -0.368 e. The lowest BCUT2D eigenvalue weighted by Crippen LogP contribution is -2.55. The van der Waals surface area contributed by atoms with Crippen molar-refractivity contribution in [1.82, 2.24) is 14.1 Å². The summed E-state index contributed by atoms with van der Waals surface area (Å²) in [7, 11) is -3.44. The van der Waals surface area contributed by atoms with Gasteiger partial charge in [0.05, 0.1) is 18.3 Å². The Hall–Kier alpha value is -2.75. The average Bonchev–Trinajstić information content (AvgIpc) is 2.79. The van der Waals surface area contributed by atoms with Crippen LogP contribution in [-0.4, -0.2) is 73.1 Å². The first-order valence-corrected chi connectivity index (χ1v) is 12.3. The van der Waals surface area contributed by atoms with Crippen LogP contribution in [0.25, 0.3) is 0 Å². The van der Waals surface area contributed by atoms with Crippen molar-refractivity contribution in [3.05, 3.63) is 71.3 Å². The molecule has 1 saturated heterocycles. The predicted molar refractivity (Wildman–Crippen MR) is 121 cm³/mol. The lowest BCUT2D eigenvalue weighted by Gasteiger charge is -2.38. The number of sulfonamides is 1. The lowest BCUT2D eigenvalue weighted by molar-refractivity contribution is -0.136. The van der Waals surface area contributed by atoms with Gasteiger partial charge in [-0.1, -0.05) is 54.6 Å². The predicted octanol–water partition coefficient (Wildman–Crippen LogP) is 0.573. The Kier molecular flexibility index (Phi) is 6.59. The van der Waals surface area contributed by atoms with Gasteiger partial charge in [-0.3, -0.25) is 14.5 Å². The number of carbonyl (C=O) groups is 2. The monoisotopic (exact) mass is 456 g/mol. The molecule has 2 heterocycles. The maximum Gasteiger partial charge on any atom is 0.236 e. The Balaban J connectivity index is 1.36. The quantitative estimate of drug-likeness (QED) is 0.685. The molecule has 0 radical (unpaired) electrons. The van der Waals surface area contributed by atoms with E-state index in [1.807, 2.05) is 47.4 Å². The van der Waals surface area contributed by atoms with Crippen molar-refractivity contribution in [2.45, 2.75) is 24.8 Å². The first-order valence-electron chi connectivity index (χ1n) is 10.7. The van der Waals surface area contributed by atoms with Crippen molar-refractivity contribution in [3.63, 3.8) is 0 Å². The second-order valence-electron chi connectivity index (χ2n) is 8.32. The molecule has 0 bridgehead atoms. The van der Waals surface area contributed by atoms with E-state index in [0.717, 1.165) is 16.7 Å². The molecule has 0 saturated carbocycles. The number of hydrogen-bond acceptors (Lipinski definition) is 5. The summed E-state index contributed by atoms with van der Waals surface area (Å²) in [5.41, 5.74) is 8.54. The van der Waals surface area contributed by atoms with Crippen LogP contribution in [-0.2, 0) is 38.3 Å². The second kappa shape index (κ2) is 9.40. The van der Waals surface area contributed by atoms with Crippen LogP contribution in [0, 0.1) is 0 Å². The van der Waals surface area contributed by atoms with Gasteiger partial charge in [0.25, 0.3) is 0 Å². The van der Waals surface area contributed by atoms with E-state index < -0.39 is 22.0 Å². The highest BCUT2D eigenvalue weighted by Crippen LogP contribution is 2.23. The molecule has 2 aromatic carbocycles. The van der Waals surface area contributed by atoms with E-state index in [1.165, 1.54) is 4.31 Å². The van der Waals surface area contributed by atoms with E-state index in [4.69, 9.17) is 5.73 Å². The number of nitrogens with zero attached hydrogens (tertiary/aromatic N) is 3. The molecule has 2 aliphatic heterocycles. The molecule has 1 fully saturated rings. The molecule has 2 aliphatic rings. The Morgan fingerprint density at radius 3 is 2.19 bits per heavy atom. The van der Waals surface area contributed by atoms with E-state index in [0.29, 0.717) is 26.1 Å². The smallest absolute Gasteiger partial charge is 0.236 e. The van der Waals surface area contributed by atoms with E-state index in [2.05, 4.69) is 0 Å². The minimum absolute atomic E-state index is 0.0464. The highest BCUT2D eigenvalue weighted by Gasteiger charge is 2.34. The van der Waals surface area contributed by atoms with Crippen molar-refractivity contribution in [2.24, 2.45) is 5.73 Å². The van der Waals surface area contributed by atoms with Crippen LogP contribution >= 0.6 is 0 Å². The summed E-state index contributed by atoms with van der Waals surface area (Å²) in [5.74, 6) is -0.602. The highest BCUT2D eigenvalue weighted by molar-refractivity contribution is 7.88. The topological polar surface area (TPSA) is 104 Å². The fourth-order valence-electron chi connectivity index (χ4n) is 4.39. The maximum atomic E-state index is 13.0. The number of primary amides is 1. The fraction of sp³-hybridized carbons (Fsp3) is 0.391. The molecular weight excluding hydrogens is 428 g/mol. The zero-order chi connectivity index (χ0) is 22.7.